The van der Waals surface area contributed by atoms with Crippen LogP contribution >= 0.6 is 0 Å². The Kier molecular flexibility index (Phi) is 12.1. The van der Waals surface area contributed by atoms with Gasteiger partial charge in [0.1, 0.15) is 0 Å². The van der Waals surface area contributed by atoms with E-state index < -0.39 is 0 Å². The molecule has 0 aromatic rings. The van der Waals surface area contributed by atoms with Gasteiger partial charge in [0, 0.05) is 12.6 Å². The summed E-state index contributed by atoms with van der Waals surface area (Å²) in [6.07, 6.45) is 2.53. The third kappa shape index (κ3) is 13.9. The molecule has 0 rings (SSSR count). The standard InChI is InChI=1S/C7H17N.C6H15N/c1-5-7(2)6-8(3)4;1-5-6(2)7(3)4/h7H,5-6H2,1-4H3;6H,5H2,1-4H3. The Bertz CT molecular complexity index is 122. The maximum atomic E-state index is 2.28. The Balaban J connectivity index is 0. The van der Waals surface area contributed by atoms with Crippen molar-refractivity contribution in [3.63, 3.8) is 0 Å². The molecule has 0 heterocycles. The molecule has 0 saturated carbocycles. The van der Waals surface area contributed by atoms with Crippen LogP contribution in [0.4, 0.5) is 0 Å². The first kappa shape index (κ1) is 17.3. The molecule has 2 nitrogen and oxygen atoms in total. The van der Waals surface area contributed by atoms with Crippen LogP contribution < -0.4 is 0 Å². The van der Waals surface area contributed by atoms with Gasteiger partial charge in [-0.2, -0.15) is 0 Å². The van der Waals surface area contributed by atoms with Crippen LogP contribution in [-0.4, -0.2) is 50.6 Å². The van der Waals surface area contributed by atoms with Gasteiger partial charge >= 0.3 is 0 Å². The lowest BCUT2D eigenvalue weighted by molar-refractivity contribution is 0.307. The predicted octanol–water partition coefficient (Wildman–Crippen LogP) is 2.94. The quantitative estimate of drug-likeness (QED) is 0.697. The van der Waals surface area contributed by atoms with Crippen molar-refractivity contribution in [1.29, 1.82) is 0 Å². The second-order valence-corrected chi connectivity index (χ2v) is 5.00. The third-order valence-electron chi connectivity index (χ3n) is 2.85. The van der Waals surface area contributed by atoms with Crippen molar-refractivity contribution in [2.75, 3.05) is 34.7 Å². The van der Waals surface area contributed by atoms with E-state index in [2.05, 4.69) is 65.7 Å². The Labute approximate surface area is 97.6 Å². The highest BCUT2D eigenvalue weighted by atomic mass is 15.1. The van der Waals surface area contributed by atoms with Crippen LogP contribution in [0, 0.1) is 5.92 Å². The fourth-order valence-electron chi connectivity index (χ4n) is 1.12. The molecule has 0 aliphatic carbocycles. The first-order valence-corrected chi connectivity index (χ1v) is 6.16. The van der Waals surface area contributed by atoms with Gasteiger partial charge in [0.25, 0.3) is 0 Å². The molecule has 0 aliphatic rings. The van der Waals surface area contributed by atoms with Crippen molar-refractivity contribution in [2.24, 2.45) is 5.92 Å². The van der Waals surface area contributed by atoms with Gasteiger partial charge in [-0.25, -0.2) is 0 Å². The summed E-state index contributed by atoms with van der Waals surface area (Å²) in [5, 5.41) is 0. The van der Waals surface area contributed by atoms with Crippen LogP contribution in [0.25, 0.3) is 0 Å². The molecule has 2 heteroatoms. The normalized spacial score (nSPS) is 14.8. The largest absolute Gasteiger partial charge is 0.309 e. The van der Waals surface area contributed by atoms with Gasteiger partial charge in [0.2, 0.25) is 0 Å². The van der Waals surface area contributed by atoms with Crippen molar-refractivity contribution in [1.82, 2.24) is 9.80 Å². The van der Waals surface area contributed by atoms with Crippen molar-refractivity contribution >= 4 is 0 Å². The van der Waals surface area contributed by atoms with Gasteiger partial charge in [0.05, 0.1) is 0 Å². The minimum Gasteiger partial charge on any atom is -0.309 e. The van der Waals surface area contributed by atoms with Gasteiger partial charge in [-0.15, -0.1) is 0 Å². The van der Waals surface area contributed by atoms with Crippen molar-refractivity contribution in [2.45, 2.75) is 46.6 Å². The molecular formula is C13H32N2. The third-order valence-corrected chi connectivity index (χ3v) is 2.85. The maximum Gasteiger partial charge on any atom is 0.00582 e. The van der Waals surface area contributed by atoms with Crippen LogP contribution in [0.2, 0.25) is 0 Å². The molecule has 94 valence electrons. The van der Waals surface area contributed by atoms with Crippen LogP contribution in [0.5, 0.6) is 0 Å². The summed E-state index contributed by atoms with van der Waals surface area (Å²) in [6.45, 7) is 10.1. The molecule has 0 aromatic carbocycles. The van der Waals surface area contributed by atoms with E-state index in [1.165, 1.54) is 19.4 Å². The van der Waals surface area contributed by atoms with E-state index in [-0.39, 0.29) is 0 Å². The number of nitrogens with zero attached hydrogens (tertiary/aromatic N) is 2. The Morgan fingerprint density at radius 2 is 1.33 bits per heavy atom. The van der Waals surface area contributed by atoms with Gasteiger partial charge in [0.15, 0.2) is 0 Å². The lowest BCUT2D eigenvalue weighted by atomic mass is 10.1. The maximum absolute atomic E-state index is 2.28. The Morgan fingerprint density at radius 1 is 0.867 bits per heavy atom. The fraction of sp³-hybridized carbons (Fsp3) is 1.00. The zero-order valence-corrected chi connectivity index (χ0v) is 12.2. The molecular weight excluding hydrogens is 184 g/mol. The topological polar surface area (TPSA) is 6.48 Å². The van der Waals surface area contributed by atoms with Gasteiger partial charge in [-0.05, 0) is 47.5 Å². The van der Waals surface area contributed by atoms with E-state index in [9.17, 15) is 0 Å². The molecule has 0 saturated heterocycles. The highest BCUT2D eigenvalue weighted by Crippen LogP contribution is 1.99. The molecule has 2 unspecified atom stereocenters. The van der Waals surface area contributed by atoms with Gasteiger partial charge in [-0.3, -0.25) is 0 Å². The predicted molar refractivity (Wildman–Crippen MR) is 71.4 cm³/mol. The number of hydrogen-bond donors (Lipinski definition) is 0. The smallest absolute Gasteiger partial charge is 0.00582 e. The van der Waals surface area contributed by atoms with Crippen molar-refractivity contribution in [3.8, 4) is 0 Å². The van der Waals surface area contributed by atoms with Crippen LogP contribution in [-0.2, 0) is 0 Å². The first-order chi connectivity index (χ1) is 6.84. The SMILES string of the molecule is CCC(C)CN(C)C.CCC(C)N(C)C. The van der Waals surface area contributed by atoms with E-state index in [4.69, 9.17) is 0 Å². The van der Waals surface area contributed by atoms with E-state index in [0.717, 1.165) is 12.0 Å². The monoisotopic (exact) mass is 216 g/mol. The Morgan fingerprint density at radius 3 is 1.40 bits per heavy atom. The summed E-state index contributed by atoms with van der Waals surface area (Å²) in [5.41, 5.74) is 0. The zero-order valence-electron chi connectivity index (χ0n) is 12.2. The summed E-state index contributed by atoms with van der Waals surface area (Å²) in [7, 11) is 8.45. The highest BCUT2D eigenvalue weighted by Gasteiger charge is 1.97. The molecule has 15 heavy (non-hydrogen) atoms. The van der Waals surface area contributed by atoms with Crippen molar-refractivity contribution in [3.05, 3.63) is 0 Å². The molecule has 0 aromatic heterocycles. The van der Waals surface area contributed by atoms with Crippen LogP contribution in [0.15, 0.2) is 0 Å². The van der Waals surface area contributed by atoms with Gasteiger partial charge < -0.3 is 9.80 Å². The second kappa shape index (κ2) is 10.4. The molecule has 2 atom stereocenters. The summed E-state index contributed by atoms with van der Waals surface area (Å²) in [5.74, 6) is 0.852. The molecule has 0 bridgehead atoms. The van der Waals surface area contributed by atoms with Crippen molar-refractivity contribution < 1.29 is 0 Å². The second-order valence-electron chi connectivity index (χ2n) is 5.00. The minimum absolute atomic E-state index is 0.736. The fourth-order valence-corrected chi connectivity index (χ4v) is 1.12. The Hall–Kier alpha value is -0.0800. The van der Waals surface area contributed by atoms with E-state index >= 15 is 0 Å². The van der Waals surface area contributed by atoms with Gasteiger partial charge in [-0.1, -0.05) is 27.2 Å². The number of rotatable bonds is 5. The average molecular weight is 216 g/mol. The summed E-state index contributed by atoms with van der Waals surface area (Å²) in [4.78, 5) is 4.45. The van der Waals surface area contributed by atoms with E-state index in [0.29, 0.717) is 0 Å². The molecule has 0 amide bonds. The molecule has 0 fully saturated rings. The zero-order chi connectivity index (χ0) is 12.4. The summed E-state index contributed by atoms with van der Waals surface area (Å²) < 4.78 is 0. The lowest BCUT2D eigenvalue weighted by Gasteiger charge is -2.16. The van der Waals surface area contributed by atoms with Crippen LogP contribution in [0.1, 0.15) is 40.5 Å². The summed E-state index contributed by atoms with van der Waals surface area (Å²) >= 11 is 0. The molecule has 0 radical (unpaired) electrons. The van der Waals surface area contributed by atoms with Crippen LogP contribution in [0.3, 0.4) is 0 Å². The highest BCUT2D eigenvalue weighted by molar-refractivity contribution is 4.53. The molecule has 0 spiro atoms. The average Bonchev–Trinajstić information content (AvgIpc) is 2.16. The summed E-state index contributed by atoms with van der Waals surface area (Å²) in [6, 6.07) is 0.736. The molecule has 0 N–H and O–H groups in total. The number of hydrogen-bond acceptors (Lipinski definition) is 2. The lowest BCUT2D eigenvalue weighted by Crippen LogP contribution is -2.23. The minimum atomic E-state index is 0.736. The molecule has 0 aliphatic heterocycles. The first-order valence-electron chi connectivity index (χ1n) is 6.16. The van der Waals surface area contributed by atoms with E-state index in [1.54, 1.807) is 0 Å². The van der Waals surface area contributed by atoms with E-state index in [1.807, 2.05) is 0 Å².